The molecular formula is C23H16F2N4OS. The van der Waals surface area contributed by atoms with Crippen LogP contribution in [0.2, 0.25) is 0 Å². The van der Waals surface area contributed by atoms with Gasteiger partial charge in [-0.25, -0.2) is 18.7 Å². The molecular weight excluding hydrogens is 418 g/mol. The molecule has 0 spiro atoms. The predicted octanol–water partition coefficient (Wildman–Crippen LogP) is 5.75. The molecule has 0 fully saturated rings. The number of hydrogen-bond donors (Lipinski definition) is 0. The van der Waals surface area contributed by atoms with Gasteiger partial charge in [-0.1, -0.05) is 23.4 Å². The lowest BCUT2D eigenvalue weighted by Gasteiger charge is -2.04. The molecule has 1 aromatic heterocycles. The quantitative estimate of drug-likeness (QED) is 0.330. The highest BCUT2D eigenvalue weighted by Crippen LogP contribution is 2.28. The van der Waals surface area contributed by atoms with E-state index >= 15 is 0 Å². The van der Waals surface area contributed by atoms with Crippen LogP contribution in [-0.4, -0.2) is 25.9 Å². The van der Waals surface area contributed by atoms with Gasteiger partial charge >= 0.3 is 0 Å². The summed E-state index contributed by atoms with van der Waals surface area (Å²) in [6, 6.07) is 15.8. The molecule has 3 heterocycles. The van der Waals surface area contributed by atoms with Gasteiger partial charge in [0.15, 0.2) is 23.2 Å². The molecule has 2 aliphatic rings. The summed E-state index contributed by atoms with van der Waals surface area (Å²) in [6.07, 6.45) is 5.66. The van der Waals surface area contributed by atoms with Crippen LogP contribution in [0.15, 0.2) is 76.4 Å². The van der Waals surface area contributed by atoms with Crippen LogP contribution in [0, 0.1) is 11.6 Å². The molecule has 0 amide bonds. The minimum atomic E-state index is -0.953. The Morgan fingerprint density at radius 3 is 2.58 bits per heavy atom. The van der Waals surface area contributed by atoms with Gasteiger partial charge in [0.1, 0.15) is 11.4 Å². The number of fused-ring (bicyclic) bond motifs is 1. The number of benzene rings is 2. The lowest BCUT2D eigenvalue weighted by molar-refractivity contribution is 0.378. The third-order valence-corrected chi connectivity index (χ3v) is 5.65. The molecule has 154 valence electrons. The number of thioether (sulfide) groups is 1. The summed E-state index contributed by atoms with van der Waals surface area (Å²) in [5.74, 6) is -1.04. The topological polar surface area (TPSA) is 56.7 Å². The van der Waals surface area contributed by atoms with Crippen molar-refractivity contribution >= 4 is 11.8 Å². The fraction of sp³-hybridized carbons (Fsp3) is 0.0870. The Morgan fingerprint density at radius 2 is 1.77 bits per heavy atom. The maximum atomic E-state index is 14.1. The second-order valence-corrected chi connectivity index (χ2v) is 7.82. The molecule has 5 rings (SSSR count). The number of imidazole rings is 1. The Bertz CT molecular complexity index is 1330. The van der Waals surface area contributed by atoms with Crippen molar-refractivity contribution in [1.29, 1.82) is 0 Å². The van der Waals surface area contributed by atoms with Crippen molar-refractivity contribution in [2.24, 2.45) is 0 Å². The molecule has 0 radical (unpaired) electrons. The van der Waals surface area contributed by atoms with Gasteiger partial charge in [0.25, 0.3) is 0 Å². The van der Waals surface area contributed by atoms with Crippen LogP contribution in [0.5, 0.6) is 0 Å². The summed E-state index contributed by atoms with van der Waals surface area (Å²) in [6.45, 7) is 0.447. The van der Waals surface area contributed by atoms with Crippen LogP contribution in [0.25, 0.3) is 34.0 Å². The summed E-state index contributed by atoms with van der Waals surface area (Å²) in [5.41, 5.74) is 2.96. The van der Waals surface area contributed by atoms with Gasteiger partial charge in [0, 0.05) is 28.9 Å². The fourth-order valence-corrected chi connectivity index (χ4v) is 3.72. The zero-order valence-electron chi connectivity index (χ0n) is 16.4. The third-order valence-electron chi connectivity index (χ3n) is 4.90. The minimum Gasteiger partial charge on any atom is -0.359 e. The first kappa shape index (κ1) is 19.4. The first-order chi connectivity index (χ1) is 15.1. The Hall–Kier alpha value is -3.52. The first-order valence-electron chi connectivity index (χ1n) is 9.48. The van der Waals surface area contributed by atoms with Crippen molar-refractivity contribution in [3.63, 3.8) is 0 Å². The number of rotatable bonds is 5. The second-order valence-electron chi connectivity index (χ2n) is 6.94. The normalized spacial score (nSPS) is 11.3. The third kappa shape index (κ3) is 3.82. The van der Waals surface area contributed by atoms with Crippen LogP contribution in [0.4, 0.5) is 8.78 Å². The van der Waals surface area contributed by atoms with Gasteiger partial charge in [-0.3, -0.25) is 0 Å². The SMILES string of the molecule is CSc1ccc(-c2cc(Cn3ccc4nc(-c5cccc(F)c5F)nc-4c3)on2)cc1. The first-order valence-corrected chi connectivity index (χ1v) is 10.7. The number of hydrogen-bond acceptors (Lipinski definition) is 5. The molecule has 0 N–H and O–H groups in total. The van der Waals surface area contributed by atoms with Crippen LogP contribution >= 0.6 is 11.8 Å². The smallest absolute Gasteiger partial charge is 0.169 e. The van der Waals surface area contributed by atoms with E-state index in [1.54, 1.807) is 24.0 Å². The minimum absolute atomic E-state index is 0.0371. The molecule has 2 aliphatic heterocycles. The zero-order chi connectivity index (χ0) is 21.4. The van der Waals surface area contributed by atoms with Crippen molar-refractivity contribution in [3.05, 3.63) is 84.4 Å². The van der Waals surface area contributed by atoms with Gasteiger partial charge in [-0.15, -0.1) is 11.8 Å². The molecule has 2 aromatic carbocycles. The average Bonchev–Trinajstić information content (AvgIpc) is 3.42. The van der Waals surface area contributed by atoms with Gasteiger partial charge in [-0.05, 0) is 36.6 Å². The van der Waals surface area contributed by atoms with E-state index < -0.39 is 11.6 Å². The Morgan fingerprint density at radius 1 is 0.968 bits per heavy atom. The number of nitrogens with zero attached hydrogens (tertiary/aromatic N) is 4. The van der Waals surface area contributed by atoms with E-state index in [1.165, 1.54) is 17.0 Å². The maximum absolute atomic E-state index is 14.1. The molecule has 31 heavy (non-hydrogen) atoms. The average molecular weight is 434 g/mol. The summed E-state index contributed by atoms with van der Waals surface area (Å²) < 4.78 is 35.0. The van der Waals surface area contributed by atoms with E-state index in [2.05, 4.69) is 15.1 Å². The van der Waals surface area contributed by atoms with Crippen molar-refractivity contribution in [1.82, 2.24) is 19.7 Å². The lowest BCUT2D eigenvalue weighted by Crippen LogP contribution is -1.99. The van der Waals surface area contributed by atoms with Crippen LogP contribution < -0.4 is 0 Å². The van der Waals surface area contributed by atoms with E-state index in [4.69, 9.17) is 4.52 Å². The number of halogens is 2. The van der Waals surface area contributed by atoms with Crippen LogP contribution in [0.1, 0.15) is 5.76 Å². The van der Waals surface area contributed by atoms with Gasteiger partial charge in [-0.2, -0.15) is 0 Å². The maximum Gasteiger partial charge on any atom is 0.169 e. The number of aromatic nitrogens is 4. The fourth-order valence-electron chi connectivity index (χ4n) is 3.31. The van der Waals surface area contributed by atoms with E-state index in [9.17, 15) is 8.78 Å². The Balaban J connectivity index is 1.39. The van der Waals surface area contributed by atoms with E-state index in [1.807, 2.05) is 47.4 Å². The summed E-state index contributed by atoms with van der Waals surface area (Å²) in [5, 5.41) is 4.16. The molecule has 3 aromatic rings. The molecule has 0 bridgehead atoms. The monoisotopic (exact) mass is 434 g/mol. The van der Waals surface area contributed by atoms with Crippen molar-refractivity contribution in [3.8, 4) is 34.0 Å². The molecule has 0 atom stereocenters. The summed E-state index contributed by atoms with van der Waals surface area (Å²) in [7, 11) is 0. The van der Waals surface area contributed by atoms with E-state index in [0.717, 1.165) is 17.3 Å². The van der Waals surface area contributed by atoms with Crippen molar-refractivity contribution in [2.45, 2.75) is 11.4 Å². The van der Waals surface area contributed by atoms with Crippen molar-refractivity contribution in [2.75, 3.05) is 6.26 Å². The standard InChI is InChI=1S/C23H16F2N4OS/c1-31-16-7-5-14(6-8-16)20-11-15(30-28-20)12-29-10-9-19-21(13-29)27-23(26-19)17-3-2-4-18(24)22(17)25/h2-11,13H,12H2,1H3. The summed E-state index contributed by atoms with van der Waals surface area (Å²) >= 11 is 1.68. The van der Waals surface area contributed by atoms with Crippen molar-refractivity contribution < 1.29 is 13.3 Å². The highest BCUT2D eigenvalue weighted by Gasteiger charge is 2.18. The van der Waals surface area contributed by atoms with E-state index in [-0.39, 0.29) is 11.4 Å². The predicted molar refractivity (Wildman–Crippen MR) is 115 cm³/mol. The molecule has 0 unspecified atom stereocenters. The second kappa shape index (κ2) is 7.96. The zero-order valence-corrected chi connectivity index (χ0v) is 17.2. The Kier molecular flexibility index (Phi) is 4.99. The largest absolute Gasteiger partial charge is 0.359 e. The highest BCUT2D eigenvalue weighted by atomic mass is 32.2. The van der Waals surface area contributed by atoms with Gasteiger partial charge in [0.05, 0.1) is 17.8 Å². The van der Waals surface area contributed by atoms with Crippen LogP contribution in [0.3, 0.4) is 0 Å². The number of pyridine rings is 1. The molecule has 0 saturated heterocycles. The lowest BCUT2D eigenvalue weighted by atomic mass is 10.1. The van der Waals surface area contributed by atoms with Gasteiger partial charge in [0.2, 0.25) is 0 Å². The Labute approximate surface area is 181 Å². The van der Waals surface area contributed by atoms with Crippen LogP contribution in [-0.2, 0) is 6.54 Å². The highest BCUT2D eigenvalue weighted by molar-refractivity contribution is 7.98. The molecule has 0 saturated carbocycles. The van der Waals surface area contributed by atoms with Gasteiger partial charge < -0.3 is 9.09 Å². The molecule has 8 heteroatoms. The molecule has 5 nitrogen and oxygen atoms in total. The molecule has 0 aliphatic carbocycles. The van der Waals surface area contributed by atoms with E-state index in [0.29, 0.717) is 23.7 Å². The summed E-state index contributed by atoms with van der Waals surface area (Å²) in [4.78, 5) is 9.88.